The molecule has 6 atom stereocenters. The van der Waals surface area contributed by atoms with E-state index in [-0.39, 0.29) is 12.1 Å². The summed E-state index contributed by atoms with van der Waals surface area (Å²) in [6, 6.07) is 9.20. The SMILES string of the molecule is CC(=O)OC1C2N=C(C)O[C@H]2OC2COC(c3ccccc3)O[C@H]21. The number of carbonyl (C=O) groups is 1. The summed E-state index contributed by atoms with van der Waals surface area (Å²) in [5.41, 5.74) is 0.905. The highest BCUT2D eigenvalue weighted by Gasteiger charge is 2.54. The number of hydrogen-bond donors (Lipinski definition) is 0. The first-order valence-corrected chi connectivity index (χ1v) is 7.97. The number of rotatable bonds is 2. The molecule has 3 heterocycles. The Morgan fingerprint density at radius 1 is 1.25 bits per heavy atom. The molecule has 7 heteroatoms. The monoisotopic (exact) mass is 333 g/mol. The van der Waals surface area contributed by atoms with Gasteiger partial charge < -0.3 is 23.7 Å². The number of esters is 1. The molecule has 0 aromatic heterocycles. The summed E-state index contributed by atoms with van der Waals surface area (Å²) in [6.07, 6.45) is -2.52. The van der Waals surface area contributed by atoms with Crippen LogP contribution in [0.25, 0.3) is 0 Å². The summed E-state index contributed by atoms with van der Waals surface area (Å²) in [7, 11) is 0. The zero-order valence-electron chi connectivity index (χ0n) is 13.5. The maximum Gasteiger partial charge on any atom is 0.303 e. The fourth-order valence-corrected chi connectivity index (χ4v) is 3.31. The molecule has 1 aromatic rings. The van der Waals surface area contributed by atoms with E-state index >= 15 is 0 Å². The minimum Gasteiger partial charge on any atom is -0.457 e. The predicted molar refractivity (Wildman–Crippen MR) is 82.2 cm³/mol. The van der Waals surface area contributed by atoms with Gasteiger partial charge in [0.25, 0.3) is 0 Å². The van der Waals surface area contributed by atoms with Crippen LogP contribution in [0.5, 0.6) is 0 Å². The van der Waals surface area contributed by atoms with Gasteiger partial charge in [-0.25, -0.2) is 4.99 Å². The number of hydrogen-bond acceptors (Lipinski definition) is 7. The van der Waals surface area contributed by atoms with Gasteiger partial charge >= 0.3 is 5.97 Å². The van der Waals surface area contributed by atoms with Crippen LogP contribution >= 0.6 is 0 Å². The van der Waals surface area contributed by atoms with Gasteiger partial charge in [0, 0.05) is 19.4 Å². The second-order valence-electron chi connectivity index (χ2n) is 6.05. The zero-order valence-corrected chi connectivity index (χ0v) is 13.5. The number of fused-ring (bicyclic) bond motifs is 2. The zero-order chi connectivity index (χ0) is 16.7. The maximum absolute atomic E-state index is 11.6. The van der Waals surface area contributed by atoms with Crippen molar-refractivity contribution in [3.8, 4) is 0 Å². The Bertz CT molecular complexity index is 648. The van der Waals surface area contributed by atoms with E-state index in [1.807, 2.05) is 30.3 Å². The van der Waals surface area contributed by atoms with E-state index in [0.717, 1.165) is 5.56 Å². The summed E-state index contributed by atoms with van der Waals surface area (Å²) < 4.78 is 28.9. The summed E-state index contributed by atoms with van der Waals surface area (Å²) in [4.78, 5) is 16.0. The standard InChI is InChI=1S/C17H19NO6/c1-9-18-13-15(22-10(2)19)14-12(23-17(13)21-9)8-20-16(24-14)11-6-4-3-5-7-11/h3-7,12-17H,8H2,1-2H3/t12?,13?,14-,15?,16?,17+/m1/s1. The first-order valence-electron chi connectivity index (χ1n) is 7.97. The van der Waals surface area contributed by atoms with E-state index in [2.05, 4.69) is 4.99 Å². The van der Waals surface area contributed by atoms with Gasteiger partial charge in [0.2, 0.25) is 6.29 Å². The third kappa shape index (κ3) is 2.79. The number of nitrogens with zero attached hydrogens (tertiary/aromatic N) is 1. The molecule has 3 aliphatic rings. The van der Waals surface area contributed by atoms with Crippen LogP contribution in [0.3, 0.4) is 0 Å². The van der Waals surface area contributed by atoms with Crippen LogP contribution in [-0.2, 0) is 28.5 Å². The molecule has 0 N–H and O–H groups in total. The Labute approximate surface area is 139 Å². The molecular formula is C17H19NO6. The highest BCUT2D eigenvalue weighted by molar-refractivity contribution is 5.75. The molecule has 2 fully saturated rings. The maximum atomic E-state index is 11.6. The normalized spacial score (nSPS) is 37.7. The van der Waals surface area contributed by atoms with Crippen molar-refractivity contribution in [1.82, 2.24) is 0 Å². The van der Waals surface area contributed by atoms with Gasteiger partial charge in [-0.2, -0.15) is 0 Å². The van der Waals surface area contributed by atoms with Crippen LogP contribution < -0.4 is 0 Å². The summed E-state index contributed by atoms with van der Waals surface area (Å²) in [6.45, 7) is 3.45. The van der Waals surface area contributed by atoms with Crippen LogP contribution in [-0.4, -0.2) is 49.1 Å². The van der Waals surface area contributed by atoms with Gasteiger partial charge in [-0.1, -0.05) is 30.3 Å². The Morgan fingerprint density at radius 2 is 2.04 bits per heavy atom. The molecule has 0 bridgehead atoms. The fraction of sp³-hybridized carbons (Fsp3) is 0.529. The van der Waals surface area contributed by atoms with Crippen molar-refractivity contribution in [2.75, 3.05) is 6.61 Å². The lowest BCUT2D eigenvalue weighted by Crippen LogP contribution is -2.61. The molecule has 1 aromatic carbocycles. The Hall–Kier alpha value is -1.96. The quantitative estimate of drug-likeness (QED) is 0.765. The molecule has 4 rings (SSSR count). The Kier molecular flexibility index (Phi) is 3.99. The average Bonchev–Trinajstić information content (AvgIpc) is 2.95. The second-order valence-corrected chi connectivity index (χ2v) is 6.05. The minimum absolute atomic E-state index is 0.327. The van der Waals surface area contributed by atoms with Crippen molar-refractivity contribution in [3.63, 3.8) is 0 Å². The summed E-state index contributed by atoms with van der Waals surface area (Å²) in [5.74, 6) is 0.131. The molecule has 0 aliphatic carbocycles. The van der Waals surface area contributed by atoms with Crippen LogP contribution in [0, 0.1) is 0 Å². The average molecular weight is 333 g/mol. The summed E-state index contributed by atoms with van der Waals surface area (Å²) >= 11 is 0. The molecular weight excluding hydrogens is 314 g/mol. The number of aliphatic imine (C=N–C) groups is 1. The molecule has 24 heavy (non-hydrogen) atoms. The lowest BCUT2D eigenvalue weighted by Gasteiger charge is -2.45. The van der Waals surface area contributed by atoms with E-state index < -0.39 is 30.8 Å². The van der Waals surface area contributed by atoms with E-state index in [9.17, 15) is 4.79 Å². The molecule has 128 valence electrons. The van der Waals surface area contributed by atoms with Gasteiger partial charge in [0.15, 0.2) is 24.3 Å². The molecule has 3 aliphatic heterocycles. The molecule has 0 amide bonds. The van der Waals surface area contributed by atoms with Crippen molar-refractivity contribution in [2.45, 2.75) is 50.8 Å². The van der Waals surface area contributed by atoms with E-state index in [4.69, 9.17) is 23.7 Å². The van der Waals surface area contributed by atoms with Crippen molar-refractivity contribution in [2.24, 2.45) is 4.99 Å². The van der Waals surface area contributed by atoms with Crippen LogP contribution in [0.15, 0.2) is 35.3 Å². The lowest BCUT2D eigenvalue weighted by molar-refractivity contribution is -0.330. The molecule has 2 saturated heterocycles. The number of ether oxygens (including phenoxy) is 5. The second kappa shape index (κ2) is 6.16. The smallest absolute Gasteiger partial charge is 0.303 e. The van der Waals surface area contributed by atoms with Crippen LogP contribution in [0.4, 0.5) is 0 Å². The van der Waals surface area contributed by atoms with E-state index in [1.54, 1.807) is 6.92 Å². The molecule has 0 spiro atoms. The van der Waals surface area contributed by atoms with Crippen molar-refractivity contribution < 1.29 is 28.5 Å². The predicted octanol–water partition coefficient (Wildman–Crippen LogP) is 1.57. The minimum atomic E-state index is -0.573. The third-order valence-corrected chi connectivity index (χ3v) is 4.30. The fourth-order valence-electron chi connectivity index (χ4n) is 3.31. The van der Waals surface area contributed by atoms with Crippen LogP contribution in [0.2, 0.25) is 0 Å². The van der Waals surface area contributed by atoms with Crippen molar-refractivity contribution in [1.29, 1.82) is 0 Å². The third-order valence-electron chi connectivity index (χ3n) is 4.30. The molecule has 0 radical (unpaired) electrons. The van der Waals surface area contributed by atoms with Gasteiger partial charge in [-0.3, -0.25) is 4.79 Å². The first kappa shape index (κ1) is 15.6. The Balaban J connectivity index is 1.59. The van der Waals surface area contributed by atoms with Gasteiger partial charge in [0.05, 0.1) is 6.61 Å². The van der Waals surface area contributed by atoms with E-state index in [1.165, 1.54) is 6.92 Å². The topological polar surface area (TPSA) is 75.6 Å². The molecule has 0 saturated carbocycles. The van der Waals surface area contributed by atoms with Crippen LogP contribution in [0.1, 0.15) is 25.7 Å². The van der Waals surface area contributed by atoms with Crippen molar-refractivity contribution in [3.05, 3.63) is 35.9 Å². The number of benzene rings is 1. The van der Waals surface area contributed by atoms with Gasteiger partial charge in [-0.05, 0) is 0 Å². The highest BCUT2D eigenvalue weighted by atomic mass is 16.8. The number of carbonyl (C=O) groups excluding carboxylic acids is 1. The van der Waals surface area contributed by atoms with Gasteiger partial charge in [-0.15, -0.1) is 0 Å². The highest BCUT2D eigenvalue weighted by Crippen LogP contribution is 2.38. The lowest BCUT2D eigenvalue weighted by atomic mass is 9.96. The van der Waals surface area contributed by atoms with E-state index in [0.29, 0.717) is 12.5 Å². The van der Waals surface area contributed by atoms with Gasteiger partial charge in [0.1, 0.15) is 12.2 Å². The largest absolute Gasteiger partial charge is 0.457 e. The first-order chi connectivity index (χ1) is 11.6. The molecule has 7 nitrogen and oxygen atoms in total. The summed E-state index contributed by atoms with van der Waals surface area (Å²) in [5, 5.41) is 0. The molecule has 4 unspecified atom stereocenters. The van der Waals surface area contributed by atoms with Crippen molar-refractivity contribution >= 4 is 11.9 Å². The Morgan fingerprint density at radius 3 is 2.79 bits per heavy atom.